The molecule has 0 aliphatic heterocycles. The molecular formula is C17H16BrNO5. The molecule has 1 amide bonds. The largest absolute Gasteiger partial charge is 0.504 e. The van der Waals surface area contributed by atoms with E-state index in [-0.39, 0.29) is 17.1 Å². The Hall–Kier alpha value is -2.54. The summed E-state index contributed by atoms with van der Waals surface area (Å²) in [6.07, 6.45) is 0. The number of amides is 1. The number of methoxy groups -OCH3 is 1. The summed E-state index contributed by atoms with van der Waals surface area (Å²) in [7, 11) is 1.37. The predicted octanol–water partition coefficient (Wildman–Crippen LogP) is 3.27. The van der Waals surface area contributed by atoms with Crippen LogP contribution in [0.4, 0.5) is 5.69 Å². The maximum absolute atomic E-state index is 12.0. The lowest BCUT2D eigenvalue weighted by molar-refractivity contribution is -0.119. The Morgan fingerprint density at radius 3 is 2.67 bits per heavy atom. The first-order valence-electron chi connectivity index (χ1n) is 7.01. The molecule has 2 N–H and O–H groups in total. The van der Waals surface area contributed by atoms with Crippen molar-refractivity contribution in [3.63, 3.8) is 0 Å². The Bertz CT molecular complexity index is 776. The van der Waals surface area contributed by atoms with Crippen molar-refractivity contribution in [2.24, 2.45) is 0 Å². The number of hydrogen-bond acceptors (Lipinski definition) is 5. The number of esters is 1. The standard InChI is InChI=1S/C17H16BrNO5/c1-10-6-7-13(12(18)8-10)19-15(20)9-24-17(22)11-4-3-5-14(23-2)16(11)21/h3-8,21H,9H2,1-2H3,(H,19,20). The minimum Gasteiger partial charge on any atom is -0.504 e. The van der Waals surface area contributed by atoms with Crippen molar-refractivity contribution in [3.8, 4) is 11.5 Å². The molecule has 0 bridgehead atoms. The number of benzene rings is 2. The van der Waals surface area contributed by atoms with Crippen LogP contribution in [0.1, 0.15) is 15.9 Å². The number of carbonyl (C=O) groups is 2. The van der Waals surface area contributed by atoms with E-state index in [0.29, 0.717) is 5.69 Å². The minimum absolute atomic E-state index is 0.0707. The number of nitrogens with one attached hydrogen (secondary N) is 1. The maximum atomic E-state index is 12.0. The summed E-state index contributed by atoms with van der Waals surface area (Å²) in [4.78, 5) is 23.9. The average Bonchev–Trinajstić information content (AvgIpc) is 2.55. The number of hydrogen-bond donors (Lipinski definition) is 2. The van der Waals surface area contributed by atoms with Crippen molar-refractivity contribution in [3.05, 3.63) is 52.0 Å². The van der Waals surface area contributed by atoms with Gasteiger partial charge in [0.05, 0.1) is 12.8 Å². The fourth-order valence-electron chi connectivity index (χ4n) is 1.97. The number of aryl methyl sites for hydroxylation is 1. The summed E-state index contributed by atoms with van der Waals surface area (Å²) in [5, 5.41) is 12.5. The van der Waals surface area contributed by atoms with Crippen molar-refractivity contribution >= 4 is 33.5 Å². The number of phenols is 1. The maximum Gasteiger partial charge on any atom is 0.342 e. The van der Waals surface area contributed by atoms with Gasteiger partial charge in [-0.15, -0.1) is 0 Å². The predicted molar refractivity (Wildman–Crippen MR) is 92.5 cm³/mol. The van der Waals surface area contributed by atoms with Crippen molar-refractivity contribution in [1.82, 2.24) is 0 Å². The van der Waals surface area contributed by atoms with Crippen LogP contribution in [0.5, 0.6) is 11.5 Å². The number of aromatic hydroxyl groups is 1. The molecule has 7 heteroatoms. The molecule has 0 spiro atoms. The van der Waals surface area contributed by atoms with E-state index >= 15 is 0 Å². The van der Waals surface area contributed by atoms with Crippen LogP contribution in [-0.4, -0.2) is 30.7 Å². The number of halogens is 1. The summed E-state index contributed by atoms with van der Waals surface area (Å²) in [6, 6.07) is 9.88. The molecule has 0 atom stereocenters. The van der Waals surface area contributed by atoms with E-state index in [9.17, 15) is 14.7 Å². The molecule has 6 nitrogen and oxygen atoms in total. The van der Waals surface area contributed by atoms with Crippen LogP contribution in [0.2, 0.25) is 0 Å². The summed E-state index contributed by atoms with van der Waals surface area (Å²) in [5.74, 6) is -1.48. The van der Waals surface area contributed by atoms with Gasteiger partial charge in [-0.2, -0.15) is 0 Å². The Morgan fingerprint density at radius 2 is 2.00 bits per heavy atom. The van der Waals surface area contributed by atoms with Gasteiger partial charge in [0.15, 0.2) is 18.1 Å². The van der Waals surface area contributed by atoms with Gasteiger partial charge in [-0.25, -0.2) is 4.79 Å². The molecular weight excluding hydrogens is 378 g/mol. The van der Waals surface area contributed by atoms with Crippen LogP contribution >= 0.6 is 15.9 Å². The molecule has 0 unspecified atom stereocenters. The summed E-state index contributed by atoms with van der Waals surface area (Å²) in [6.45, 7) is 1.45. The highest BCUT2D eigenvalue weighted by Crippen LogP contribution is 2.29. The zero-order chi connectivity index (χ0) is 17.7. The summed E-state index contributed by atoms with van der Waals surface area (Å²) >= 11 is 3.35. The van der Waals surface area contributed by atoms with E-state index in [0.717, 1.165) is 10.0 Å². The smallest absolute Gasteiger partial charge is 0.342 e. The number of ether oxygens (including phenoxy) is 2. The van der Waals surface area contributed by atoms with Gasteiger partial charge in [0.2, 0.25) is 0 Å². The SMILES string of the molecule is COc1cccc(C(=O)OCC(=O)Nc2ccc(C)cc2Br)c1O. The normalized spacial score (nSPS) is 10.1. The highest BCUT2D eigenvalue weighted by atomic mass is 79.9. The van der Waals surface area contributed by atoms with E-state index in [2.05, 4.69) is 21.2 Å². The average molecular weight is 394 g/mol. The zero-order valence-electron chi connectivity index (χ0n) is 13.1. The first-order chi connectivity index (χ1) is 11.4. The van der Waals surface area contributed by atoms with Crippen molar-refractivity contribution in [2.75, 3.05) is 19.0 Å². The number of para-hydroxylation sites is 1. The molecule has 0 aromatic heterocycles. The van der Waals surface area contributed by atoms with Crippen LogP contribution in [-0.2, 0) is 9.53 Å². The Morgan fingerprint density at radius 1 is 1.25 bits per heavy atom. The Balaban J connectivity index is 1.97. The van der Waals surface area contributed by atoms with Gasteiger partial charge in [-0.3, -0.25) is 4.79 Å². The molecule has 2 aromatic carbocycles. The fourth-order valence-corrected chi connectivity index (χ4v) is 2.56. The van der Waals surface area contributed by atoms with Crippen LogP contribution in [0.3, 0.4) is 0 Å². The van der Waals surface area contributed by atoms with Crippen LogP contribution in [0.25, 0.3) is 0 Å². The highest BCUT2D eigenvalue weighted by Gasteiger charge is 2.17. The molecule has 0 radical (unpaired) electrons. The Labute approximate surface area is 147 Å². The van der Waals surface area contributed by atoms with Crippen LogP contribution in [0, 0.1) is 6.92 Å². The second kappa shape index (κ2) is 7.83. The second-order valence-electron chi connectivity index (χ2n) is 4.96. The quantitative estimate of drug-likeness (QED) is 0.761. The first kappa shape index (κ1) is 17.8. The van der Waals surface area contributed by atoms with E-state index in [1.807, 2.05) is 19.1 Å². The lowest BCUT2D eigenvalue weighted by Gasteiger charge is -2.10. The Kier molecular flexibility index (Phi) is 5.81. The van der Waals surface area contributed by atoms with E-state index in [4.69, 9.17) is 9.47 Å². The molecule has 0 saturated heterocycles. The fraction of sp³-hybridized carbons (Fsp3) is 0.176. The van der Waals surface area contributed by atoms with Crippen molar-refractivity contribution in [1.29, 1.82) is 0 Å². The lowest BCUT2D eigenvalue weighted by atomic mass is 10.2. The minimum atomic E-state index is -0.815. The second-order valence-corrected chi connectivity index (χ2v) is 5.82. The molecule has 24 heavy (non-hydrogen) atoms. The third-order valence-electron chi connectivity index (χ3n) is 3.17. The number of rotatable bonds is 5. The van der Waals surface area contributed by atoms with Crippen LogP contribution in [0.15, 0.2) is 40.9 Å². The summed E-state index contributed by atoms with van der Waals surface area (Å²) in [5.41, 5.74) is 1.55. The van der Waals surface area contributed by atoms with E-state index in [1.54, 1.807) is 12.1 Å². The lowest BCUT2D eigenvalue weighted by Crippen LogP contribution is -2.21. The molecule has 2 aromatic rings. The molecule has 0 aliphatic carbocycles. The van der Waals surface area contributed by atoms with Crippen molar-refractivity contribution < 1.29 is 24.2 Å². The van der Waals surface area contributed by atoms with Gasteiger partial charge in [0, 0.05) is 4.47 Å². The van der Waals surface area contributed by atoms with E-state index < -0.39 is 18.5 Å². The number of anilines is 1. The van der Waals surface area contributed by atoms with E-state index in [1.165, 1.54) is 19.2 Å². The zero-order valence-corrected chi connectivity index (χ0v) is 14.7. The molecule has 126 valence electrons. The van der Waals surface area contributed by atoms with Crippen molar-refractivity contribution in [2.45, 2.75) is 6.92 Å². The molecule has 0 heterocycles. The van der Waals surface area contributed by atoms with Gasteiger partial charge >= 0.3 is 5.97 Å². The van der Waals surface area contributed by atoms with Gasteiger partial charge in [-0.05, 0) is 52.7 Å². The molecule has 2 rings (SSSR count). The third kappa shape index (κ3) is 4.26. The number of carbonyl (C=O) groups excluding carboxylic acids is 2. The van der Waals surface area contributed by atoms with Gasteiger partial charge < -0.3 is 19.9 Å². The molecule has 0 aliphatic rings. The van der Waals surface area contributed by atoms with Gasteiger partial charge in [0.25, 0.3) is 5.91 Å². The number of phenolic OH excluding ortho intramolecular Hbond substituents is 1. The van der Waals surface area contributed by atoms with Gasteiger partial charge in [0.1, 0.15) is 5.56 Å². The van der Waals surface area contributed by atoms with Crippen LogP contribution < -0.4 is 10.1 Å². The molecule has 0 saturated carbocycles. The van der Waals surface area contributed by atoms with Gasteiger partial charge in [-0.1, -0.05) is 12.1 Å². The highest BCUT2D eigenvalue weighted by molar-refractivity contribution is 9.10. The third-order valence-corrected chi connectivity index (χ3v) is 3.83. The summed E-state index contributed by atoms with van der Waals surface area (Å²) < 4.78 is 10.6. The molecule has 0 fully saturated rings. The first-order valence-corrected chi connectivity index (χ1v) is 7.80. The topological polar surface area (TPSA) is 84.9 Å². The monoisotopic (exact) mass is 393 g/mol.